The fourth-order valence-corrected chi connectivity index (χ4v) is 2.91. The minimum absolute atomic E-state index is 0.601. The van der Waals surface area contributed by atoms with Crippen LogP contribution in [0.25, 0.3) is 0 Å². The third-order valence-electron chi connectivity index (χ3n) is 3.57. The highest BCUT2D eigenvalue weighted by molar-refractivity contribution is 7.09. The zero-order chi connectivity index (χ0) is 14.8. The maximum atomic E-state index is 5.34. The number of methoxy groups -OCH3 is 2. The minimum Gasteiger partial charge on any atom is -0.493 e. The molecule has 0 N–H and O–H groups in total. The number of benzene rings is 1. The Hall–Kier alpha value is -1.82. The van der Waals surface area contributed by atoms with Gasteiger partial charge in [-0.05, 0) is 30.5 Å². The topological polar surface area (TPSA) is 47.5 Å². The van der Waals surface area contributed by atoms with Gasteiger partial charge in [0.2, 0.25) is 5.13 Å². The summed E-state index contributed by atoms with van der Waals surface area (Å²) >= 11 is 1.47. The van der Waals surface area contributed by atoms with Crippen LogP contribution in [0.3, 0.4) is 0 Å². The standard InChI is InChI=1S/C15H19N3O2S/c1-18(15-16-14(17-21-15)11-5-6-11)9-10-4-7-12(19-2)13(8-10)20-3/h4,7-8,11H,5-6,9H2,1-3H3. The van der Waals surface area contributed by atoms with E-state index in [1.807, 2.05) is 25.2 Å². The van der Waals surface area contributed by atoms with Crippen molar-refractivity contribution in [1.82, 2.24) is 9.36 Å². The van der Waals surface area contributed by atoms with E-state index in [0.29, 0.717) is 5.92 Å². The predicted molar refractivity (Wildman–Crippen MR) is 83.5 cm³/mol. The largest absolute Gasteiger partial charge is 0.493 e. The molecule has 0 bridgehead atoms. The van der Waals surface area contributed by atoms with E-state index >= 15 is 0 Å². The van der Waals surface area contributed by atoms with E-state index in [4.69, 9.17) is 9.47 Å². The van der Waals surface area contributed by atoms with Gasteiger partial charge in [0.15, 0.2) is 11.5 Å². The van der Waals surface area contributed by atoms with Gasteiger partial charge < -0.3 is 14.4 Å². The monoisotopic (exact) mass is 305 g/mol. The van der Waals surface area contributed by atoms with Crippen LogP contribution in [0, 0.1) is 0 Å². The van der Waals surface area contributed by atoms with Crippen LogP contribution in [0.5, 0.6) is 11.5 Å². The van der Waals surface area contributed by atoms with E-state index in [2.05, 4.69) is 14.3 Å². The van der Waals surface area contributed by atoms with E-state index < -0.39 is 0 Å². The predicted octanol–water partition coefficient (Wildman–Crippen LogP) is 3.07. The normalized spacial score (nSPS) is 14.0. The van der Waals surface area contributed by atoms with Crippen molar-refractivity contribution < 1.29 is 9.47 Å². The van der Waals surface area contributed by atoms with Gasteiger partial charge >= 0.3 is 0 Å². The number of hydrogen-bond acceptors (Lipinski definition) is 6. The molecule has 5 nitrogen and oxygen atoms in total. The van der Waals surface area contributed by atoms with Crippen molar-refractivity contribution in [3.63, 3.8) is 0 Å². The molecule has 1 fully saturated rings. The van der Waals surface area contributed by atoms with Gasteiger partial charge in [-0.25, -0.2) is 4.98 Å². The lowest BCUT2D eigenvalue weighted by Crippen LogP contribution is -2.16. The van der Waals surface area contributed by atoms with Gasteiger partial charge in [-0.1, -0.05) is 6.07 Å². The molecule has 0 unspecified atom stereocenters. The van der Waals surface area contributed by atoms with Crippen LogP contribution in [-0.2, 0) is 6.54 Å². The smallest absolute Gasteiger partial charge is 0.205 e. The van der Waals surface area contributed by atoms with Gasteiger partial charge in [0.25, 0.3) is 0 Å². The zero-order valence-electron chi connectivity index (χ0n) is 12.5. The number of nitrogens with zero attached hydrogens (tertiary/aromatic N) is 3. The molecule has 0 saturated heterocycles. The summed E-state index contributed by atoms with van der Waals surface area (Å²) in [5, 5.41) is 0.965. The highest BCUT2D eigenvalue weighted by atomic mass is 32.1. The van der Waals surface area contributed by atoms with Crippen molar-refractivity contribution in [3.8, 4) is 11.5 Å². The van der Waals surface area contributed by atoms with Crippen LogP contribution in [-0.4, -0.2) is 30.6 Å². The number of hydrogen-bond donors (Lipinski definition) is 0. The maximum Gasteiger partial charge on any atom is 0.205 e. The quantitative estimate of drug-likeness (QED) is 0.821. The van der Waals surface area contributed by atoms with Crippen molar-refractivity contribution in [2.24, 2.45) is 0 Å². The molecular formula is C15H19N3O2S. The van der Waals surface area contributed by atoms with Crippen LogP contribution in [0.2, 0.25) is 0 Å². The fourth-order valence-electron chi connectivity index (χ4n) is 2.21. The first kappa shape index (κ1) is 14.1. The van der Waals surface area contributed by atoms with E-state index in [1.165, 1.54) is 24.4 Å². The minimum atomic E-state index is 0.601. The molecule has 0 spiro atoms. The van der Waals surface area contributed by atoms with Crippen LogP contribution in [0.4, 0.5) is 5.13 Å². The molecule has 1 aliphatic rings. The Bertz CT molecular complexity index is 625. The molecule has 3 rings (SSSR count). The average Bonchev–Trinajstić information content (AvgIpc) is 3.24. The molecule has 1 aromatic heterocycles. The van der Waals surface area contributed by atoms with Crippen LogP contribution in [0.15, 0.2) is 18.2 Å². The van der Waals surface area contributed by atoms with E-state index in [-0.39, 0.29) is 0 Å². The molecule has 1 aromatic carbocycles. The van der Waals surface area contributed by atoms with Crippen molar-refractivity contribution in [3.05, 3.63) is 29.6 Å². The Kier molecular flexibility index (Phi) is 3.96. The first-order chi connectivity index (χ1) is 10.2. The molecule has 1 saturated carbocycles. The molecule has 0 atom stereocenters. The number of aromatic nitrogens is 2. The lowest BCUT2D eigenvalue weighted by atomic mass is 10.2. The van der Waals surface area contributed by atoms with Gasteiger partial charge in [-0.3, -0.25) is 0 Å². The Labute approximate surface area is 128 Å². The second kappa shape index (κ2) is 5.89. The van der Waals surface area contributed by atoms with E-state index in [0.717, 1.165) is 34.6 Å². The summed E-state index contributed by atoms with van der Waals surface area (Å²) in [6.07, 6.45) is 2.46. The van der Waals surface area contributed by atoms with Crippen LogP contribution < -0.4 is 14.4 Å². The molecular weight excluding hydrogens is 286 g/mol. The van der Waals surface area contributed by atoms with Crippen LogP contribution >= 0.6 is 11.5 Å². The molecule has 0 radical (unpaired) electrons. The Morgan fingerprint density at radius 1 is 1.24 bits per heavy atom. The summed E-state index contributed by atoms with van der Waals surface area (Å²) in [5.74, 6) is 3.11. The second-order valence-corrected chi connectivity index (χ2v) is 5.99. The van der Waals surface area contributed by atoms with Gasteiger partial charge in [0.1, 0.15) is 5.82 Å². The van der Waals surface area contributed by atoms with Gasteiger partial charge in [-0.2, -0.15) is 4.37 Å². The molecule has 1 heterocycles. The summed E-state index contributed by atoms with van der Waals surface area (Å²) in [6.45, 7) is 0.764. The molecule has 6 heteroatoms. The van der Waals surface area contributed by atoms with Crippen molar-refractivity contribution in [2.75, 3.05) is 26.2 Å². The first-order valence-corrected chi connectivity index (χ1v) is 7.74. The molecule has 112 valence electrons. The second-order valence-electron chi connectivity index (χ2n) is 5.25. The highest BCUT2D eigenvalue weighted by Crippen LogP contribution is 2.39. The summed E-state index contributed by atoms with van der Waals surface area (Å²) in [6, 6.07) is 5.97. The summed E-state index contributed by atoms with van der Waals surface area (Å²) in [4.78, 5) is 6.74. The lowest BCUT2D eigenvalue weighted by Gasteiger charge is -2.16. The van der Waals surface area contributed by atoms with Gasteiger partial charge in [-0.15, -0.1) is 0 Å². The maximum absolute atomic E-state index is 5.34. The van der Waals surface area contributed by atoms with E-state index in [9.17, 15) is 0 Å². The van der Waals surface area contributed by atoms with Crippen molar-refractivity contribution >= 4 is 16.7 Å². The molecule has 1 aliphatic carbocycles. The van der Waals surface area contributed by atoms with Crippen LogP contribution in [0.1, 0.15) is 30.1 Å². The molecule has 2 aromatic rings. The number of anilines is 1. The average molecular weight is 305 g/mol. The highest BCUT2D eigenvalue weighted by Gasteiger charge is 2.28. The van der Waals surface area contributed by atoms with Gasteiger partial charge in [0.05, 0.1) is 14.2 Å². The Morgan fingerprint density at radius 2 is 2.00 bits per heavy atom. The zero-order valence-corrected chi connectivity index (χ0v) is 13.3. The number of rotatable bonds is 6. The fraction of sp³-hybridized carbons (Fsp3) is 0.467. The number of ether oxygens (including phenoxy) is 2. The van der Waals surface area contributed by atoms with Crippen molar-refractivity contribution in [2.45, 2.75) is 25.3 Å². The molecule has 0 amide bonds. The SMILES string of the molecule is COc1ccc(CN(C)c2nc(C3CC3)ns2)cc1OC. The lowest BCUT2D eigenvalue weighted by molar-refractivity contribution is 0.354. The van der Waals surface area contributed by atoms with E-state index in [1.54, 1.807) is 14.2 Å². The Morgan fingerprint density at radius 3 is 2.67 bits per heavy atom. The summed E-state index contributed by atoms with van der Waals surface area (Å²) < 4.78 is 15.0. The van der Waals surface area contributed by atoms with Crippen molar-refractivity contribution in [1.29, 1.82) is 0 Å². The molecule has 21 heavy (non-hydrogen) atoms. The summed E-state index contributed by atoms with van der Waals surface area (Å²) in [7, 11) is 5.33. The Balaban J connectivity index is 1.72. The third kappa shape index (κ3) is 3.10. The third-order valence-corrected chi connectivity index (χ3v) is 4.41. The van der Waals surface area contributed by atoms with Gasteiger partial charge in [0, 0.05) is 31.0 Å². The molecule has 0 aliphatic heterocycles. The summed E-state index contributed by atoms with van der Waals surface area (Å²) in [5.41, 5.74) is 1.15. The first-order valence-electron chi connectivity index (χ1n) is 6.97.